The van der Waals surface area contributed by atoms with E-state index >= 15 is 0 Å². The third kappa shape index (κ3) is 11.2. The third-order valence-electron chi connectivity index (χ3n) is 7.86. The molecule has 1 unspecified atom stereocenters. The molecule has 0 spiro atoms. The van der Waals surface area contributed by atoms with Crippen LogP contribution in [0.5, 0.6) is 0 Å². The Morgan fingerprint density at radius 2 is 0.981 bits per heavy atom. The molecule has 0 aliphatic carbocycles. The summed E-state index contributed by atoms with van der Waals surface area (Å²) >= 11 is 0. The second-order valence-corrected chi connectivity index (χ2v) is 15.5. The number of carbonyl (C=O) groups excluding carboxylic acids is 2. The van der Waals surface area contributed by atoms with Crippen molar-refractivity contribution in [2.75, 3.05) is 40.6 Å². The first-order valence-corrected chi connectivity index (χ1v) is 20.7. The number of rotatable bonds is 21. The van der Waals surface area contributed by atoms with Gasteiger partial charge in [0.05, 0.1) is 74.8 Å². The van der Waals surface area contributed by atoms with Crippen LogP contribution in [0.1, 0.15) is 51.9 Å². The Morgan fingerprint density at radius 1 is 0.593 bits per heavy atom. The number of hydrogen-bond donors (Lipinski definition) is 0. The first-order chi connectivity index (χ1) is 26.0. The molecule has 0 aliphatic rings. The first kappa shape index (κ1) is 42.5. The average molecular weight is 784 g/mol. The molecule has 0 saturated heterocycles. The Bertz CT molecular complexity index is 1830. The molecule has 0 amide bonds. The Balaban J connectivity index is 1.72. The largest absolute Gasteiger partial charge is 0.469 e. The van der Waals surface area contributed by atoms with Crippen molar-refractivity contribution in [3.63, 3.8) is 0 Å². The standard InChI is InChI=1S/C37H47N5O10P2/c1-7-49-53(45,50-8-2)34-21-13-19-31(40-34)29-17-11-15-27(38-29)25-42(33(37(44)48-6)23-24-36(43)47-5)26-28-16-12-18-30(39-28)32-20-14-22-35(41-32)54(46,51-9-3)52-10-4/h11-22,33H,7-10,23-26H2,1-6H3. The van der Waals surface area contributed by atoms with Crippen molar-refractivity contribution < 1.29 is 46.3 Å². The molecule has 4 rings (SSSR count). The van der Waals surface area contributed by atoms with Gasteiger partial charge in [-0.1, -0.05) is 24.3 Å². The van der Waals surface area contributed by atoms with Gasteiger partial charge in [0.15, 0.2) is 10.9 Å². The van der Waals surface area contributed by atoms with Crippen LogP contribution in [0.25, 0.3) is 22.8 Å². The van der Waals surface area contributed by atoms with Crippen LogP contribution in [-0.4, -0.2) is 83.5 Å². The lowest BCUT2D eigenvalue weighted by Gasteiger charge is -2.29. The van der Waals surface area contributed by atoms with E-state index < -0.39 is 33.2 Å². The van der Waals surface area contributed by atoms with Crippen molar-refractivity contribution in [2.45, 2.75) is 59.7 Å². The van der Waals surface area contributed by atoms with Gasteiger partial charge < -0.3 is 27.6 Å². The summed E-state index contributed by atoms with van der Waals surface area (Å²) in [4.78, 5) is 46.2. The predicted molar refractivity (Wildman–Crippen MR) is 202 cm³/mol. The highest BCUT2D eigenvalue weighted by molar-refractivity contribution is 7.62. The minimum absolute atomic E-state index is 0.0411. The van der Waals surface area contributed by atoms with E-state index in [0.29, 0.717) is 34.2 Å². The normalized spacial score (nSPS) is 12.4. The predicted octanol–water partition coefficient (Wildman–Crippen LogP) is 5.88. The summed E-state index contributed by atoms with van der Waals surface area (Å²) in [6.45, 7) is 7.88. The van der Waals surface area contributed by atoms with Crippen LogP contribution in [0, 0.1) is 0 Å². The van der Waals surface area contributed by atoms with Gasteiger partial charge in [-0.3, -0.25) is 23.6 Å². The van der Waals surface area contributed by atoms with Crippen LogP contribution in [-0.2, 0) is 59.4 Å². The Hall–Kier alpha value is -4.20. The molecule has 0 aliphatic heterocycles. The molecular formula is C37H47N5O10P2. The van der Waals surface area contributed by atoms with Crippen molar-refractivity contribution >= 4 is 38.0 Å². The van der Waals surface area contributed by atoms with Crippen molar-refractivity contribution in [1.82, 2.24) is 24.8 Å². The van der Waals surface area contributed by atoms with Crippen LogP contribution in [0.4, 0.5) is 0 Å². The third-order valence-corrected chi connectivity index (χ3v) is 11.9. The van der Waals surface area contributed by atoms with Crippen molar-refractivity contribution in [1.29, 1.82) is 0 Å². The maximum absolute atomic E-state index is 13.5. The fourth-order valence-corrected chi connectivity index (χ4v) is 8.55. The molecule has 17 heteroatoms. The van der Waals surface area contributed by atoms with Crippen molar-refractivity contribution in [3.8, 4) is 22.8 Å². The summed E-state index contributed by atoms with van der Waals surface area (Å²) in [5.74, 6) is -1.03. The zero-order valence-corrected chi connectivity index (χ0v) is 33.2. The molecule has 4 aromatic heterocycles. The Morgan fingerprint density at radius 3 is 1.35 bits per heavy atom. The summed E-state index contributed by atoms with van der Waals surface area (Å²) in [6, 6.07) is 19.9. The number of methoxy groups -OCH3 is 2. The molecular weight excluding hydrogens is 736 g/mol. The van der Waals surface area contributed by atoms with Crippen LogP contribution in [0.3, 0.4) is 0 Å². The van der Waals surface area contributed by atoms with E-state index in [1.54, 1.807) is 100 Å². The van der Waals surface area contributed by atoms with E-state index in [2.05, 4.69) is 9.97 Å². The van der Waals surface area contributed by atoms with E-state index in [-0.39, 0.29) is 63.2 Å². The maximum Gasteiger partial charge on any atom is 0.379 e. The molecule has 0 saturated carbocycles. The van der Waals surface area contributed by atoms with Gasteiger partial charge in [-0.25, -0.2) is 19.9 Å². The Kier molecular flexibility index (Phi) is 16.1. The minimum atomic E-state index is -3.66. The number of ether oxygens (including phenoxy) is 2. The minimum Gasteiger partial charge on any atom is -0.469 e. The molecule has 290 valence electrons. The monoisotopic (exact) mass is 783 g/mol. The summed E-state index contributed by atoms with van der Waals surface area (Å²) in [7, 11) is -4.74. The lowest BCUT2D eigenvalue weighted by molar-refractivity contribution is -0.149. The molecule has 0 bridgehead atoms. The number of nitrogens with zero attached hydrogens (tertiary/aromatic N) is 5. The topological polar surface area (TPSA) is 178 Å². The van der Waals surface area contributed by atoms with Crippen molar-refractivity contribution in [2.24, 2.45) is 0 Å². The highest BCUT2D eigenvalue weighted by Gasteiger charge is 2.31. The molecule has 0 aromatic carbocycles. The Labute approximate surface area is 315 Å². The average Bonchev–Trinajstić information content (AvgIpc) is 3.18. The molecule has 4 aromatic rings. The zero-order valence-electron chi connectivity index (χ0n) is 31.4. The van der Waals surface area contributed by atoms with E-state index in [0.717, 1.165) is 0 Å². The molecule has 1 atom stereocenters. The van der Waals surface area contributed by atoms with Gasteiger partial charge in [-0.2, -0.15) is 0 Å². The molecule has 15 nitrogen and oxygen atoms in total. The summed E-state index contributed by atoms with van der Waals surface area (Å²) in [5, 5.41) is 0. The van der Waals surface area contributed by atoms with Crippen LogP contribution < -0.4 is 10.9 Å². The fraction of sp³-hybridized carbons (Fsp3) is 0.405. The van der Waals surface area contributed by atoms with Gasteiger partial charge in [-0.15, -0.1) is 0 Å². The summed E-state index contributed by atoms with van der Waals surface area (Å²) in [5.41, 5.74) is 3.32. The fourth-order valence-electron chi connectivity index (χ4n) is 5.51. The summed E-state index contributed by atoms with van der Waals surface area (Å²) in [6.07, 6.45) is 0.0563. The molecule has 0 fully saturated rings. The van der Waals surface area contributed by atoms with Crippen molar-refractivity contribution in [3.05, 3.63) is 84.2 Å². The molecule has 4 heterocycles. The number of hydrogen-bond acceptors (Lipinski definition) is 15. The number of pyridine rings is 4. The van der Waals surface area contributed by atoms with Crippen LogP contribution >= 0.6 is 15.2 Å². The highest BCUT2D eigenvalue weighted by Crippen LogP contribution is 2.47. The molecule has 0 radical (unpaired) electrons. The van der Waals surface area contributed by atoms with Gasteiger partial charge in [-0.05, 0) is 82.6 Å². The lowest BCUT2D eigenvalue weighted by Crippen LogP contribution is -2.42. The van der Waals surface area contributed by atoms with Gasteiger partial charge in [0.25, 0.3) is 0 Å². The van der Waals surface area contributed by atoms with Crippen LogP contribution in [0.15, 0.2) is 72.8 Å². The number of carbonyl (C=O) groups is 2. The van der Waals surface area contributed by atoms with Gasteiger partial charge in [0.2, 0.25) is 0 Å². The second kappa shape index (κ2) is 20.5. The van der Waals surface area contributed by atoms with Gasteiger partial charge in [0, 0.05) is 19.5 Å². The van der Waals surface area contributed by atoms with E-state index in [1.165, 1.54) is 14.2 Å². The second-order valence-electron chi connectivity index (χ2n) is 11.5. The van der Waals surface area contributed by atoms with E-state index in [4.69, 9.17) is 37.5 Å². The summed E-state index contributed by atoms with van der Waals surface area (Å²) < 4.78 is 59.0. The smallest absolute Gasteiger partial charge is 0.379 e. The van der Waals surface area contributed by atoms with Crippen LogP contribution in [0.2, 0.25) is 0 Å². The maximum atomic E-state index is 13.5. The van der Waals surface area contributed by atoms with E-state index in [1.807, 2.05) is 4.90 Å². The number of aromatic nitrogens is 4. The highest BCUT2D eigenvalue weighted by atomic mass is 31.2. The van der Waals surface area contributed by atoms with Gasteiger partial charge >= 0.3 is 27.1 Å². The lowest BCUT2D eigenvalue weighted by atomic mass is 10.1. The molecule has 0 N–H and O–H groups in total. The first-order valence-electron chi connectivity index (χ1n) is 17.6. The SMILES string of the molecule is CCOP(=O)(OCC)c1cccc(-c2cccc(CN(Cc3cccc(-c4cccc(P(=O)(OCC)OCC)n4)n3)C(CCC(=O)OC)C(=O)OC)n2)n1. The quantitative estimate of drug-likeness (QED) is 0.0722. The van der Waals surface area contributed by atoms with Gasteiger partial charge in [0.1, 0.15) is 6.04 Å². The zero-order chi connectivity index (χ0) is 39.1. The molecule has 54 heavy (non-hydrogen) atoms. The number of esters is 2. The van der Waals surface area contributed by atoms with E-state index in [9.17, 15) is 18.7 Å².